The van der Waals surface area contributed by atoms with E-state index in [0.717, 1.165) is 24.6 Å². The number of ether oxygens (including phenoxy) is 1. The van der Waals surface area contributed by atoms with E-state index < -0.39 is 4.92 Å². The topological polar surface area (TPSA) is 125 Å². The highest BCUT2D eigenvalue weighted by Crippen LogP contribution is 2.33. The minimum Gasteiger partial charge on any atom is -0.376 e. The molecule has 1 aliphatic rings. The van der Waals surface area contributed by atoms with Crippen molar-refractivity contribution >= 4 is 23.4 Å². The smallest absolute Gasteiger partial charge is 0.284 e. The molecule has 10 nitrogen and oxygen atoms in total. The van der Waals surface area contributed by atoms with Gasteiger partial charge in [0.1, 0.15) is 0 Å². The SMILES string of the molecule is Cn1nnnc1Sc1ccc(C(=O)NC[C@H]2CCCO2)cc1[N+](=O)[O-]. The minimum absolute atomic E-state index is 0.0113. The van der Waals surface area contributed by atoms with Crippen LogP contribution in [0.15, 0.2) is 28.3 Å². The fourth-order valence-corrected chi connectivity index (χ4v) is 3.22. The van der Waals surface area contributed by atoms with Gasteiger partial charge in [-0.05, 0) is 47.2 Å². The Balaban J connectivity index is 1.75. The lowest BCUT2D eigenvalue weighted by molar-refractivity contribution is -0.387. The Labute approximate surface area is 147 Å². The monoisotopic (exact) mass is 364 g/mol. The number of nitro groups is 1. The van der Waals surface area contributed by atoms with E-state index in [1.165, 1.54) is 16.8 Å². The summed E-state index contributed by atoms with van der Waals surface area (Å²) in [6.07, 6.45) is 1.90. The lowest BCUT2D eigenvalue weighted by atomic mass is 10.2. The van der Waals surface area contributed by atoms with Crippen LogP contribution in [0.4, 0.5) is 5.69 Å². The Hall–Kier alpha value is -2.53. The van der Waals surface area contributed by atoms with Crippen molar-refractivity contribution in [3.8, 4) is 0 Å². The van der Waals surface area contributed by atoms with Crippen LogP contribution in [0.3, 0.4) is 0 Å². The number of benzene rings is 1. The van der Waals surface area contributed by atoms with Gasteiger partial charge in [0.05, 0.1) is 15.9 Å². The number of nitrogens with zero attached hydrogens (tertiary/aromatic N) is 5. The van der Waals surface area contributed by atoms with E-state index in [1.807, 2.05) is 0 Å². The van der Waals surface area contributed by atoms with Crippen molar-refractivity contribution in [2.45, 2.75) is 29.0 Å². The van der Waals surface area contributed by atoms with E-state index in [2.05, 4.69) is 20.8 Å². The molecule has 2 aromatic rings. The first kappa shape index (κ1) is 17.3. The predicted molar refractivity (Wildman–Crippen MR) is 87.3 cm³/mol. The van der Waals surface area contributed by atoms with Crippen LogP contribution in [-0.4, -0.2) is 50.3 Å². The van der Waals surface area contributed by atoms with E-state index in [1.54, 1.807) is 13.1 Å². The van der Waals surface area contributed by atoms with E-state index in [9.17, 15) is 14.9 Å². The van der Waals surface area contributed by atoms with Crippen molar-refractivity contribution in [1.82, 2.24) is 25.5 Å². The molecule has 3 rings (SSSR count). The number of nitro benzene ring substituents is 1. The van der Waals surface area contributed by atoms with Crippen molar-refractivity contribution in [2.24, 2.45) is 7.05 Å². The normalized spacial score (nSPS) is 16.8. The molecule has 0 spiro atoms. The van der Waals surface area contributed by atoms with Crippen LogP contribution in [0, 0.1) is 10.1 Å². The molecule has 0 radical (unpaired) electrons. The number of carbonyl (C=O) groups excluding carboxylic acids is 1. The molecule has 1 aromatic heterocycles. The van der Waals surface area contributed by atoms with Crippen molar-refractivity contribution in [3.63, 3.8) is 0 Å². The third-order valence-corrected chi connectivity index (χ3v) is 4.81. The van der Waals surface area contributed by atoms with Gasteiger partial charge in [-0.15, -0.1) is 5.10 Å². The molecule has 2 heterocycles. The van der Waals surface area contributed by atoms with Gasteiger partial charge in [0.15, 0.2) is 0 Å². The average molecular weight is 364 g/mol. The maximum Gasteiger partial charge on any atom is 0.284 e. The summed E-state index contributed by atoms with van der Waals surface area (Å²) < 4.78 is 6.86. The van der Waals surface area contributed by atoms with Crippen LogP contribution in [0.1, 0.15) is 23.2 Å². The summed E-state index contributed by atoms with van der Waals surface area (Å²) in [6, 6.07) is 4.33. The summed E-state index contributed by atoms with van der Waals surface area (Å²) in [6.45, 7) is 1.10. The lowest BCUT2D eigenvalue weighted by Crippen LogP contribution is -2.31. The van der Waals surface area contributed by atoms with Crippen molar-refractivity contribution in [2.75, 3.05) is 13.2 Å². The Morgan fingerprint density at radius 3 is 3.04 bits per heavy atom. The number of carbonyl (C=O) groups is 1. The molecular formula is C14H16N6O4S. The lowest BCUT2D eigenvalue weighted by Gasteiger charge is -2.11. The van der Waals surface area contributed by atoms with E-state index >= 15 is 0 Å². The fourth-order valence-electron chi connectivity index (χ4n) is 2.41. The van der Waals surface area contributed by atoms with Gasteiger partial charge in [-0.3, -0.25) is 14.9 Å². The largest absolute Gasteiger partial charge is 0.376 e. The number of rotatable bonds is 6. The van der Waals surface area contributed by atoms with E-state index in [0.29, 0.717) is 23.2 Å². The van der Waals surface area contributed by atoms with Gasteiger partial charge >= 0.3 is 0 Å². The third kappa shape index (κ3) is 4.12. The zero-order valence-electron chi connectivity index (χ0n) is 13.4. The molecule has 1 atom stereocenters. The second kappa shape index (κ2) is 7.57. The highest BCUT2D eigenvalue weighted by molar-refractivity contribution is 7.99. The van der Waals surface area contributed by atoms with E-state index in [4.69, 9.17) is 4.74 Å². The Morgan fingerprint density at radius 1 is 1.56 bits per heavy atom. The Morgan fingerprint density at radius 2 is 2.40 bits per heavy atom. The van der Waals surface area contributed by atoms with Gasteiger partial charge in [0.2, 0.25) is 5.16 Å². The quantitative estimate of drug-likeness (QED) is 0.598. The molecule has 0 bridgehead atoms. The third-order valence-electron chi connectivity index (χ3n) is 3.71. The second-order valence-electron chi connectivity index (χ2n) is 5.47. The summed E-state index contributed by atoms with van der Waals surface area (Å²) >= 11 is 1.06. The van der Waals surface area contributed by atoms with Crippen LogP contribution in [-0.2, 0) is 11.8 Å². The molecule has 1 N–H and O–H groups in total. The van der Waals surface area contributed by atoms with Crippen molar-refractivity contribution in [3.05, 3.63) is 33.9 Å². The molecular weight excluding hydrogens is 348 g/mol. The number of hydrogen-bond donors (Lipinski definition) is 1. The number of aromatic nitrogens is 4. The summed E-state index contributed by atoms with van der Waals surface area (Å²) in [5.41, 5.74) is 0.0582. The molecule has 0 aliphatic carbocycles. The van der Waals surface area contributed by atoms with Crippen LogP contribution >= 0.6 is 11.8 Å². The predicted octanol–water partition coefficient (Wildman–Crippen LogP) is 1.18. The number of nitrogens with one attached hydrogen (secondary N) is 1. The first-order chi connectivity index (χ1) is 12.0. The van der Waals surface area contributed by atoms with Gasteiger partial charge in [-0.25, -0.2) is 4.68 Å². The van der Waals surface area contributed by atoms with Crippen LogP contribution in [0.25, 0.3) is 0 Å². The van der Waals surface area contributed by atoms with Crippen LogP contribution < -0.4 is 5.32 Å². The van der Waals surface area contributed by atoms with Gasteiger partial charge in [-0.1, -0.05) is 0 Å². The Bertz CT molecular complexity index is 789. The molecule has 0 unspecified atom stereocenters. The van der Waals surface area contributed by atoms with Gasteiger partial charge in [0, 0.05) is 31.8 Å². The first-order valence-electron chi connectivity index (χ1n) is 7.63. The first-order valence-corrected chi connectivity index (χ1v) is 8.44. The number of aryl methyl sites for hydroxylation is 1. The van der Waals surface area contributed by atoms with Crippen LogP contribution in [0.2, 0.25) is 0 Å². The molecule has 0 saturated carbocycles. The second-order valence-corrected chi connectivity index (χ2v) is 6.48. The molecule has 11 heteroatoms. The zero-order valence-corrected chi connectivity index (χ0v) is 14.2. The Kier molecular flexibility index (Phi) is 5.24. The summed E-state index contributed by atoms with van der Waals surface area (Å²) in [7, 11) is 1.64. The average Bonchev–Trinajstić information content (AvgIpc) is 3.25. The van der Waals surface area contributed by atoms with Crippen LogP contribution in [0.5, 0.6) is 0 Å². The fraction of sp³-hybridized carbons (Fsp3) is 0.429. The minimum atomic E-state index is -0.525. The molecule has 1 saturated heterocycles. The number of tetrazole rings is 1. The zero-order chi connectivity index (χ0) is 17.8. The van der Waals surface area contributed by atoms with Gasteiger partial charge < -0.3 is 10.1 Å². The highest BCUT2D eigenvalue weighted by atomic mass is 32.2. The van der Waals surface area contributed by atoms with Gasteiger partial charge in [0.25, 0.3) is 11.6 Å². The maximum absolute atomic E-state index is 12.2. The summed E-state index contributed by atoms with van der Waals surface area (Å²) in [4.78, 5) is 23.4. The van der Waals surface area contributed by atoms with Crippen molar-refractivity contribution in [1.29, 1.82) is 0 Å². The molecule has 25 heavy (non-hydrogen) atoms. The maximum atomic E-state index is 12.2. The molecule has 1 amide bonds. The molecule has 1 aromatic carbocycles. The number of hydrogen-bond acceptors (Lipinski definition) is 8. The standard InChI is InChI=1S/C14H16N6O4S/c1-19-14(16-17-18-19)25-12-5-4-9(7-11(12)20(22)23)13(21)15-8-10-3-2-6-24-10/h4-5,7,10H,2-3,6,8H2,1H3,(H,15,21)/t10-/m1/s1. The molecule has 132 valence electrons. The molecule has 1 fully saturated rings. The summed E-state index contributed by atoms with van der Waals surface area (Å²) in [5.74, 6) is -0.365. The summed E-state index contributed by atoms with van der Waals surface area (Å²) in [5, 5.41) is 25.5. The van der Waals surface area contributed by atoms with Crippen molar-refractivity contribution < 1.29 is 14.5 Å². The highest BCUT2D eigenvalue weighted by Gasteiger charge is 2.21. The van der Waals surface area contributed by atoms with Gasteiger partial charge in [-0.2, -0.15) is 0 Å². The number of amides is 1. The van der Waals surface area contributed by atoms with E-state index in [-0.39, 0.29) is 23.3 Å². The molecule has 1 aliphatic heterocycles.